The van der Waals surface area contributed by atoms with Crippen LogP contribution in [0.25, 0.3) is 77.1 Å². The van der Waals surface area contributed by atoms with Crippen molar-refractivity contribution < 1.29 is 0 Å². The number of hydrogen-bond donors (Lipinski definition) is 0. The van der Waals surface area contributed by atoms with Crippen molar-refractivity contribution in [1.29, 1.82) is 0 Å². The summed E-state index contributed by atoms with van der Waals surface area (Å²) in [7, 11) is 0. The Morgan fingerprint density at radius 1 is 0.340 bits per heavy atom. The molecule has 0 saturated heterocycles. The molecular formula is C46H36N4. The molecule has 4 nitrogen and oxygen atoms in total. The van der Waals surface area contributed by atoms with Gasteiger partial charge in [-0.05, 0) is 122 Å². The second-order valence-corrected chi connectivity index (χ2v) is 13.6. The van der Waals surface area contributed by atoms with E-state index in [-0.39, 0.29) is 0 Å². The number of fused-ring (bicyclic) bond motifs is 7. The minimum atomic E-state index is 1.16. The second-order valence-electron chi connectivity index (χ2n) is 13.6. The third-order valence-electron chi connectivity index (χ3n) is 11.1. The van der Waals surface area contributed by atoms with Crippen molar-refractivity contribution in [3.63, 3.8) is 0 Å². The molecule has 0 aliphatic rings. The van der Waals surface area contributed by atoms with Gasteiger partial charge in [-0.3, -0.25) is 0 Å². The fourth-order valence-corrected chi connectivity index (χ4v) is 8.31. The number of aromatic nitrogens is 4. The van der Waals surface area contributed by atoms with E-state index in [2.05, 4.69) is 192 Å². The number of benzene rings is 6. The van der Waals surface area contributed by atoms with Crippen molar-refractivity contribution in [1.82, 2.24) is 18.3 Å². The molecule has 0 bridgehead atoms. The Hall–Kier alpha value is -6.26. The van der Waals surface area contributed by atoms with Crippen molar-refractivity contribution in [2.75, 3.05) is 0 Å². The van der Waals surface area contributed by atoms with E-state index < -0.39 is 0 Å². The van der Waals surface area contributed by atoms with Gasteiger partial charge in [0.25, 0.3) is 0 Å². The lowest BCUT2D eigenvalue weighted by atomic mass is 10.0. The van der Waals surface area contributed by atoms with Crippen molar-refractivity contribution >= 4 is 54.4 Å². The molecule has 6 aromatic carbocycles. The van der Waals surface area contributed by atoms with Crippen molar-refractivity contribution in [2.45, 2.75) is 27.7 Å². The van der Waals surface area contributed by atoms with Crippen LogP contribution in [0.1, 0.15) is 22.5 Å². The summed E-state index contributed by atoms with van der Waals surface area (Å²) in [6, 6.07) is 48.8. The van der Waals surface area contributed by atoms with E-state index in [0.29, 0.717) is 0 Å². The number of aryl methyl sites for hydroxylation is 2. The minimum Gasteiger partial charge on any atom is -0.317 e. The first-order valence-corrected chi connectivity index (χ1v) is 17.4. The van der Waals surface area contributed by atoms with E-state index in [9.17, 15) is 0 Å². The smallest absolute Gasteiger partial charge is 0.0613 e. The number of para-hydroxylation sites is 2. The molecule has 10 rings (SSSR count). The van der Waals surface area contributed by atoms with Crippen LogP contribution >= 0.6 is 0 Å². The molecule has 0 radical (unpaired) electrons. The second kappa shape index (κ2) is 10.6. The normalized spacial score (nSPS) is 12.0. The quantitative estimate of drug-likeness (QED) is 0.182. The van der Waals surface area contributed by atoms with Crippen LogP contribution in [0.4, 0.5) is 0 Å². The predicted octanol–water partition coefficient (Wildman–Crippen LogP) is 11.8. The van der Waals surface area contributed by atoms with Crippen molar-refractivity contribution in [2.24, 2.45) is 0 Å². The number of hydrogen-bond acceptors (Lipinski definition) is 0. The molecule has 0 fully saturated rings. The zero-order valence-electron chi connectivity index (χ0n) is 28.6. The lowest BCUT2D eigenvalue weighted by Gasteiger charge is -2.15. The number of nitrogens with zero attached hydrogens (tertiary/aromatic N) is 4. The van der Waals surface area contributed by atoms with Gasteiger partial charge in [0, 0.05) is 68.1 Å². The lowest BCUT2D eigenvalue weighted by Crippen LogP contribution is -2.00. The van der Waals surface area contributed by atoms with Crippen LogP contribution in [0.3, 0.4) is 0 Å². The molecule has 50 heavy (non-hydrogen) atoms. The fourth-order valence-electron chi connectivity index (χ4n) is 8.31. The highest BCUT2D eigenvalue weighted by Gasteiger charge is 2.20. The summed E-state index contributed by atoms with van der Waals surface area (Å²) in [6.45, 7) is 9.01. The van der Waals surface area contributed by atoms with Gasteiger partial charge in [-0.25, -0.2) is 0 Å². The van der Waals surface area contributed by atoms with Crippen LogP contribution in [0.15, 0.2) is 146 Å². The molecule has 10 aromatic rings. The van der Waals surface area contributed by atoms with Gasteiger partial charge in [-0.1, -0.05) is 60.7 Å². The maximum Gasteiger partial charge on any atom is 0.0613 e. The maximum absolute atomic E-state index is 2.46. The van der Waals surface area contributed by atoms with Gasteiger partial charge in [0.15, 0.2) is 0 Å². The van der Waals surface area contributed by atoms with Crippen LogP contribution in [0.5, 0.6) is 0 Å². The first-order valence-electron chi connectivity index (χ1n) is 17.4. The molecule has 240 valence electrons. The van der Waals surface area contributed by atoms with Gasteiger partial charge in [-0.15, -0.1) is 0 Å². The van der Waals surface area contributed by atoms with E-state index in [1.807, 2.05) is 0 Å². The maximum atomic E-state index is 2.46. The fraction of sp³-hybridized carbons (Fsp3) is 0.0870. The molecule has 0 unspecified atom stereocenters. The van der Waals surface area contributed by atoms with E-state index in [4.69, 9.17) is 0 Å². The SMILES string of the molecule is Cc1c(C)n(-c2ccc(-n3ccc4ccccc43)cc2)c2c1ccc1c2ccc2c(C)c(C)n(-c3ccc(-n4ccc5ccccc54)cc3)c21. The largest absolute Gasteiger partial charge is 0.317 e. The molecule has 4 heteroatoms. The highest BCUT2D eigenvalue weighted by molar-refractivity contribution is 6.17. The summed E-state index contributed by atoms with van der Waals surface area (Å²) in [5.74, 6) is 0. The molecule has 4 heterocycles. The Bertz CT molecular complexity index is 2740. The first-order chi connectivity index (χ1) is 24.5. The summed E-state index contributed by atoms with van der Waals surface area (Å²) in [5, 5.41) is 7.62. The number of rotatable bonds is 4. The standard InChI is InChI=1S/C46H36N4/c1-29-31(3)49(37-17-13-35(14-18-37)47-27-25-33-9-5-7-11-43(33)47)45-39(29)21-23-42-41(45)24-22-40-30(2)32(4)50(46(40)42)38-19-15-36(16-20-38)48-28-26-34-10-6-8-12-44(34)48/h5-28H,1-4H3. The first kappa shape index (κ1) is 28.7. The summed E-state index contributed by atoms with van der Waals surface area (Å²) >= 11 is 0. The highest BCUT2D eigenvalue weighted by Crippen LogP contribution is 2.40. The van der Waals surface area contributed by atoms with Crippen molar-refractivity contribution in [3.8, 4) is 22.7 Å². The van der Waals surface area contributed by atoms with Gasteiger partial charge in [0.1, 0.15) is 0 Å². The topological polar surface area (TPSA) is 19.7 Å². The van der Waals surface area contributed by atoms with Gasteiger partial charge in [0.2, 0.25) is 0 Å². The third-order valence-corrected chi connectivity index (χ3v) is 11.1. The zero-order valence-corrected chi connectivity index (χ0v) is 28.6. The molecule has 0 N–H and O–H groups in total. The molecule has 0 saturated carbocycles. The van der Waals surface area contributed by atoms with Crippen LogP contribution in [-0.2, 0) is 0 Å². The molecule has 0 aliphatic carbocycles. The minimum absolute atomic E-state index is 1.16. The summed E-state index contributed by atoms with van der Waals surface area (Å²) in [4.78, 5) is 0. The van der Waals surface area contributed by atoms with Gasteiger partial charge < -0.3 is 18.3 Å². The lowest BCUT2D eigenvalue weighted by molar-refractivity contribution is 1.03. The predicted molar refractivity (Wildman–Crippen MR) is 210 cm³/mol. The van der Waals surface area contributed by atoms with E-state index in [1.54, 1.807) is 0 Å². The van der Waals surface area contributed by atoms with E-state index in [0.717, 1.165) is 11.4 Å². The van der Waals surface area contributed by atoms with Crippen LogP contribution in [0.2, 0.25) is 0 Å². The molecule has 4 aromatic heterocycles. The molecule has 0 spiro atoms. The molecule has 0 amide bonds. The monoisotopic (exact) mass is 644 g/mol. The highest BCUT2D eigenvalue weighted by atomic mass is 15.0. The average Bonchev–Trinajstić information content (AvgIpc) is 3.91. The van der Waals surface area contributed by atoms with Gasteiger partial charge >= 0.3 is 0 Å². The zero-order chi connectivity index (χ0) is 33.7. The van der Waals surface area contributed by atoms with Crippen LogP contribution in [0, 0.1) is 27.7 Å². The van der Waals surface area contributed by atoms with Crippen LogP contribution in [-0.4, -0.2) is 18.3 Å². The summed E-state index contributed by atoms with van der Waals surface area (Å²) in [6.07, 6.45) is 4.32. The summed E-state index contributed by atoms with van der Waals surface area (Å²) < 4.78 is 9.45. The van der Waals surface area contributed by atoms with E-state index >= 15 is 0 Å². The Morgan fingerprint density at radius 3 is 1.12 bits per heavy atom. The Kier molecular flexibility index (Phi) is 6.10. The van der Waals surface area contributed by atoms with Gasteiger partial charge in [0.05, 0.1) is 22.1 Å². The Balaban J connectivity index is 1.14. The Morgan fingerprint density at radius 2 is 0.700 bits per heavy atom. The molecule has 0 aliphatic heterocycles. The average molecular weight is 645 g/mol. The molecule has 0 atom stereocenters. The third kappa shape index (κ3) is 3.99. The van der Waals surface area contributed by atoms with Crippen LogP contribution < -0.4 is 0 Å². The van der Waals surface area contributed by atoms with E-state index in [1.165, 1.54) is 88.3 Å². The molecular weight excluding hydrogens is 609 g/mol. The Labute approximate surface area is 290 Å². The summed E-state index contributed by atoms with van der Waals surface area (Å²) in [5.41, 5.74) is 14.8. The van der Waals surface area contributed by atoms with Gasteiger partial charge in [-0.2, -0.15) is 0 Å². The van der Waals surface area contributed by atoms with Crippen molar-refractivity contribution in [3.05, 3.63) is 168 Å².